The molecule has 0 aliphatic carbocycles. The summed E-state index contributed by atoms with van der Waals surface area (Å²) in [5.74, 6) is -0.0832. The number of anilines is 1. The van der Waals surface area contributed by atoms with Crippen molar-refractivity contribution < 1.29 is 9.90 Å². The fourth-order valence-electron chi connectivity index (χ4n) is 1.65. The summed E-state index contributed by atoms with van der Waals surface area (Å²) in [7, 11) is 0. The standard InChI is InChI=1S/C14H22N2O2/c1-3-14(18,4-2)10-16-13(17)9-11-5-7-12(15)8-6-11/h5-8,18H,3-4,9-10,15H2,1-2H3,(H,16,17). The molecule has 0 aliphatic heterocycles. The highest BCUT2D eigenvalue weighted by Crippen LogP contribution is 2.13. The normalized spacial score (nSPS) is 11.3. The minimum absolute atomic E-state index is 0.0832. The summed E-state index contributed by atoms with van der Waals surface area (Å²) >= 11 is 0. The molecule has 4 N–H and O–H groups in total. The van der Waals surface area contributed by atoms with Gasteiger partial charge in [0, 0.05) is 12.2 Å². The summed E-state index contributed by atoms with van der Waals surface area (Å²) in [5, 5.41) is 12.8. The van der Waals surface area contributed by atoms with Gasteiger partial charge in [0.2, 0.25) is 5.91 Å². The second-order valence-electron chi connectivity index (χ2n) is 4.63. The Morgan fingerprint density at radius 1 is 1.28 bits per heavy atom. The molecule has 0 aliphatic rings. The van der Waals surface area contributed by atoms with E-state index in [0.717, 1.165) is 5.56 Å². The minimum atomic E-state index is -0.795. The van der Waals surface area contributed by atoms with E-state index in [2.05, 4.69) is 5.32 Å². The smallest absolute Gasteiger partial charge is 0.224 e. The lowest BCUT2D eigenvalue weighted by atomic mass is 9.97. The van der Waals surface area contributed by atoms with E-state index in [4.69, 9.17) is 5.73 Å². The topological polar surface area (TPSA) is 75.3 Å². The first-order valence-corrected chi connectivity index (χ1v) is 6.32. The zero-order chi connectivity index (χ0) is 13.6. The van der Waals surface area contributed by atoms with Crippen molar-refractivity contribution >= 4 is 11.6 Å². The highest BCUT2D eigenvalue weighted by molar-refractivity contribution is 5.78. The van der Waals surface area contributed by atoms with Crippen molar-refractivity contribution in [2.45, 2.75) is 38.7 Å². The van der Waals surface area contributed by atoms with Crippen LogP contribution in [0.2, 0.25) is 0 Å². The molecule has 0 aromatic heterocycles. The van der Waals surface area contributed by atoms with Gasteiger partial charge in [-0.2, -0.15) is 0 Å². The fraction of sp³-hybridized carbons (Fsp3) is 0.500. The zero-order valence-corrected chi connectivity index (χ0v) is 11.1. The Morgan fingerprint density at radius 2 is 1.83 bits per heavy atom. The number of nitrogens with two attached hydrogens (primary N) is 1. The van der Waals surface area contributed by atoms with E-state index in [0.29, 0.717) is 31.5 Å². The van der Waals surface area contributed by atoms with Gasteiger partial charge >= 0.3 is 0 Å². The van der Waals surface area contributed by atoms with Crippen molar-refractivity contribution in [3.8, 4) is 0 Å². The molecule has 0 bridgehead atoms. The van der Waals surface area contributed by atoms with Gasteiger partial charge in [0.1, 0.15) is 0 Å². The van der Waals surface area contributed by atoms with E-state index in [9.17, 15) is 9.90 Å². The predicted molar refractivity (Wildman–Crippen MR) is 73.1 cm³/mol. The van der Waals surface area contributed by atoms with Crippen LogP contribution in [0.5, 0.6) is 0 Å². The summed E-state index contributed by atoms with van der Waals surface area (Å²) < 4.78 is 0. The van der Waals surface area contributed by atoms with Gasteiger partial charge in [0.15, 0.2) is 0 Å². The first-order valence-electron chi connectivity index (χ1n) is 6.32. The third-order valence-corrected chi connectivity index (χ3v) is 3.28. The maximum absolute atomic E-state index is 11.7. The fourth-order valence-corrected chi connectivity index (χ4v) is 1.65. The molecule has 1 rings (SSSR count). The molecule has 1 amide bonds. The first-order chi connectivity index (χ1) is 8.49. The van der Waals surface area contributed by atoms with Crippen molar-refractivity contribution in [1.82, 2.24) is 5.32 Å². The quantitative estimate of drug-likeness (QED) is 0.669. The molecule has 1 aromatic rings. The summed E-state index contributed by atoms with van der Waals surface area (Å²) in [5.41, 5.74) is 6.38. The lowest BCUT2D eigenvalue weighted by Gasteiger charge is -2.25. The van der Waals surface area contributed by atoms with Crippen molar-refractivity contribution in [1.29, 1.82) is 0 Å². The van der Waals surface area contributed by atoms with E-state index in [-0.39, 0.29) is 5.91 Å². The molecule has 18 heavy (non-hydrogen) atoms. The van der Waals surface area contributed by atoms with Crippen molar-refractivity contribution in [2.75, 3.05) is 12.3 Å². The van der Waals surface area contributed by atoms with E-state index < -0.39 is 5.60 Å². The number of benzene rings is 1. The molecular formula is C14H22N2O2. The largest absolute Gasteiger partial charge is 0.399 e. The lowest BCUT2D eigenvalue weighted by molar-refractivity contribution is -0.121. The van der Waals surface area contributed by atoms with E-state index >= 15 is 0 Å². The Labute approximate surface area is 108 Å². The molecular weight excluding hydrogens is 228 g/mol. The number of nitrogens with one attached hydrogen (secondary N) is 1. The summed E-state index contributed by atoms with van der Waals surface area (Å²) in [6, 6.07) is 7.22. The molecule has 0 radical (unpaired) electrons. The van der Waals surface area contributed by atoms with Crippen molar-refractivity contribution in [3.63, 3.8) is 0 Å². The molecule has 0 saturated heterocycles. The second-order valence-corrected chi connectivity index (χ2v) is 4.63. The Hall–Kier alpha value is -1.55. The number of hydrogen-bond donors (Lipinski definition) is 3. The van der Waals surface area contributed by atoms with Gasteiger partial charge in [-0.1, -0.05) is 26.0 Å². The van der Waals surface area contributed by atoms with Crippen LogP contribution in [0.25, 0.3) is 0 Å². The Balaban J connectivity index is 2.45. The molecule has 4 nitrogen and oxygen atoms in total. The zero-order valence-electron chi connectivity index (χ0n) is 11.1. The van der Waals surface area contributed by atoms with Gasteiger partial charge in [0.25, 0.3) is 0 Å². The number of rotatable bonds is 6. The molecule has 1 aromatic carbocycles. The highest BCUT2D eigenvalue weighted by atomic mass is 16.3. The molecule has 0 spiro atoms. The Morgan fingerprint density at radius 3 is 2.33 bits per heavy atom. The molecule has 0 atom stereocenters. The third kappa shape index (κ3) is 4.37. The third-order valence-electron chi connectivity index (χ3n) is 3.28. The van der Waals surface area contributed by atoms with E-state index in [1.54, 1.807) is 12.1 Å². The van der Waals surface area contributed by atoms with Crippen LogP contribution in [-0.2, 0) is 11.2 Å². The van der Waals surface area contributed by atoms with Crippen LogP contribution >= 0.6 is 0 Å². The van der Waals surface area contributed by atoms with Gasteiger partial charge < -0.3 is 16.2 Å². The number of aliphatic hydroxyl groups is 1. The Kier molecular flexibility index (Phi) is 5.16. The van der Waals surface area contributed by atoms with Gasteiger partial charge in [-0.25, -0.2) is 0 Å². The summed E-state index contributed by atoms with van der Waals surface area (Å²) in [4.78, 5) is 11.7. The predicted octanol–water partition coefficient (Wildman–Crippen LogP) is 1.48. The average molecular weight is 250 g/mol. The maximum Gasteiger partial charge on any atom is 0.224 e. The minimum Gasteiger partial charge on any atom is -0.399 e. The van der Waals surface area contributed by atoms with Crippen LogP contribution in [0.3, 0.4) is 0 Å². The lowest BCUT2D eigenvalue weighted by Crippen LogP contribution is -2.42. The number of amides is 1. The van der Waals surface area contributed by atoms with Gasteiger partial charge in [-0.15, -0.1) is 0 Å². The SMILES string of the molecule is CCC(O)(CC)CNC(=O)Cc1ccc(N)cc1. The second kappa shape index (κ2) is 6.40. The van der Waals surface area contributed by atoms with Crippen LogP contribution in [0.15, 0.2) is 24.3 Å². The number of nitrogen functional groups attached to an aromatic ring is 1. The Bertz CT molecular complexity index is 383. The van der Waals surface area contributed by atoms with E-state index in [1.165, 1.54) is 0 Å². The molecule has 0 fully saturated rings. The van der Waals surface area contributed by atoms with Crippen molar-refractivity contribution in [3.05, 3.63) is 29.8 Å². The monoisotopic (exact) mass is 250 g/mol. The van der Waals surface area contributed by atoms with Gasteiger partial charge in [-0.3, -0.25) is 4.79 Å². The average Bonchev–Trinajstić information content (AvgIpc) is 2.39. The molecule has 0 saturated carbocycles. The maximum atomic E-state index is 11.7. The van der Waals surface area contributed by atoms with Crippen LogP contribution in [0.1, 0.15) is 32.3 Å². The summed E-state index contributed by atoms with van der Waals surface area (Å²) in [6.45, 7) is 4.12. The van der Waals surface area contributed by atoms with Crippen molar-refractivity contribution in [2.24, 2.45) is 0 Å². The molecule has 0 unspecified atom stereocenters. The highest BCUT2D eigenvalue weighted by Gasteiger charge is 2.22. The van der Waals surface area contributed by atoms with Crippen LogP contribution in [0.4, 0.5) is 5.69 Å². The molecule has 100 valence electrons. The number of hydrogen-bond acceptors (Lipinski definition) is 3. The van der Waals surface area contributed by atoms with Crippen LogP contribution < -0.4 is 11.1 Å². The first kappa shape index (κ1) is 14.5. The number of carbonyl (C=O) groups excluding carboxylic acids is 1. The number of carbonyl (C=O) groups is 1. The van der Waals surface area contributed by atoms with E-state index in [1.807, 2.05) is 26.0 Å². The van der Waals surface area contributed by atoms with Gasteiger partial charge in [0.05, 0.1) is 12.0 Å². The van der Waals surface area contributed by atoms with Gasteiger partial charge in [-0.05, 0) is 30.5 Å². The summed E-state index contributed by atoms with van der Waals surface area (Å²) in [6.07, 6.45) is 1.57. The molecule has 0 heterocycles. The van der Waals surface area contributed by atoms with Crippen LogP contribution in [0, 0.1) is 0 Å². The van der Waals surface area contributed by atoms with Crippen LogP contribution in [-0.4, -0.2) is 23.2 Å². The molecule has 4 heteroatoms.